The normalized spacial score (nSPS) is 12.6. The number of nitrogens with one attached hydrogen (secondary N) is 2. The van der Waals surface area contributed by atoms with Crippen molar-refractivity contribution >= 4 is 29.8 Å². The standard InChI is InChI=1S/C29H46N4O7/c1-7-9-10-18-33(27(37)22(14-15-23(30)34)32-28(38)40-29(4,5)6)25(21-13-11-12-20(3)19-21)26(36)31-17-16-24(35)39-8-2/h11-13,19,22,25H,7-10,14-18H2,1-6H3,(H2,30,34)(H,31,36)(H,32,38). The van der Waals surface area contributed by atoms with Crippen molar-refractivity contribution in [2.24, 2.45) is 5.73 Å². The quantitative estimate of drug-likeness (QED) is 0.206. The minimum absolute atomic E-state index is 0.0225. The number of hydrogen-bond donors (Lipinski definition) is 3. The van der Waals surface area contributed by atoms with Crippen molar-refractivity contribution in [3.8, 4) is 0 Å². The van der Waals surface area contributed by atoms with Crippen LogP contribution in [-0.4, -0.2) is 66.0 Å². The maximum absolute atomic E-state index is 14.1. The number of amides is 4. The van der Waals surface area contributed by atoms with Gasteiger partial charge in [0.1, 0.15) is 17.7 Å². The van der Waals surface area contributed by atoms with Crippen molar-refractivity contribution in [3.05, 3.63) is 35.4 Å². The summed E-state index contributed by atoms with van der Waals surface area (Å²) >= 11 is 0. The molecule has 0 spiro atoms. The van der Waals surface area contributed by atoms with Crippen molar-refractivity contribution in [3.63, 3.8) is 0 Å². The van der Waals surface area contributed by atoms with Crippen LogP contribution in [-0.2, 0) is 28.7 Å². The first kappa shape index (κ1) is 34.4. The number of esters is 1. The fourth-order valence-corrected chi connectivity index (χ4v) is 4.02. The van der Waals surface area contributed by atoms with Crippen molar-refractivity contribution < 1.29 is 33.4 Å². The lowest BCUT2D eigenvalue weighted by molar-refractivity contribution is -0.144. The van der Waals surface area contributed by atoms with Crippen LogP contribution < -0.4 is 16.4 Å². The first-order valence-electron chi connectivity index (χ1n) is 13.9. The molecule has 4 amide bonds. The van der Waals surface area contributed by atoms with E-state index in [1.54, 1.807) is 39.8 Å². The minimum Gasteiger partial charge on any atom is -0.466 e. The van der Waals surface area contributed by atoms with Crippen LogP contribution in [0.25, 0.3) is 0 Å². The summed E-state index contributed by atoms with van der Waals surface area (Å²) in [7, 11) is 0. The van der Waals surface area contributed by atoms with Crippen LogP contribution in [0.1, 0.15) is 90.3 Å². The van der Waals surface area contributed by atoms with E-state index in [9.17, 15) is 24.0 Å². The number of rotatable bonds is 16. The average molecular weight is 563 g/mol. The van der Waals surface area contributed by atoms with Gasteiger partial charge in [0.05, 0.1) is 13.0 Å². The van der Waals surface area contributed by atoms with Gasteiger partial charge < -0.3 is 30.7 Å². The van der Waals surface area contributed by atoms with E-state index in [1.807, 2.05) is 26.0 Å². The number of hydrogen-bond acceptors (Lipinski definition) is 7. The molecular formula is C29H46N4O7. The highest BCUT2D eigenvalue weighted by molar-refractivity contribution is 5.92. The van der Waals surface area contributed by atoms with Crippen LogP contribution in [0.4, 0.5) is 4.79 Å². The van der Waals surface area contributed by atoms with Crippen LogP contribution in [0.3, 0.4) is 0 Å². The van der Waals surface area contributed by atoms with Gasteiger partial charge >= 0.3 is 12.1 Å². The van der Waals surface area contributed by atoms with Crippen LogP contribution >= 0.6 is 0 Å². The summed E-state index contributed by atoms with van der Waals surface area (Å²) in [6, 6.07) is 5.02. The molecular weight excluding hydrogens is 516 g/mol. The number of nitrogens with zero attached hydrogens (tertiary/aromatic N) is 1. The number of ether oxygens (including phenoxy) is 2. The predicted molar refractivity (Wildman–Crippen MR) is 151 cm³/mol. The second kappa shape index (κ2) is 17.1. The Morgan fingerprint density at radius 2 is 1.75 bits per heavy atom. The minimum atomic E-state index is -1.16. The van der Waals surface area contributed by atoms with Crippen molar-refractivity contribution in [2.45, 2.75) is 97.8 Å². The summed E-state index contributed by atoms with van der Waals surface area (Å²) in [6.45, 7) is 11.2. The average Bonchev–Trinajstić information content (AvgIpc) is 2.84. The van der Waals surface area contributed by atoms with Gasteiger partial charge in [0, 0.05) is 19.5 Å². The third kappa shape index (κ3) is 12.9. The molecule has 4 N–H and O–H groups in total. The fourth-order valence-electron chi connectivity index (χ4n) is 4.02. The van der Waals surface area contributed by atoms with E-state index in [2.05, 4.69) is 10.6 Å². The summed E-state index contributed by atoms with van der Waals surface area (Å²) in [4.78, 5) is 65.2. The molecule has 0 bridgehead atoms. The first-order chi connectivity index (χ1) is 18.8. The summed E-state index contributed by atoms with van der Waals surface area (Å²) in [5.41, 5.74) is 6.00. The number of aryl methyl sites for hydroxylation is 1. The Labute approximate surface area is 237 Å². The smallest absolute Gasteiger partial charge is 0.408 e. The van der Waals surface area contributed by atoms with Crippen molar-refractivity contribution in [2.75, 3.05) is 19.7 Å². The van der Waals surface area contributed by atoms with E-state index >= 15 is 0 Å². The Morgan fingerprint density at radius 3 is 2.33 bits per heavy atom. The zero-order valence-electron chi connectivity index (χ0n) is 24.7. The van der Waals surface area contributed by atoms with E-state index in [0.29, 0.717) is 12.0 Å². The maximum atomic E-state index is 14.1. The second-order valence-corrected chi connectivity index (χ2v) is 10.6. The number of primary amides is 1. The summed E-state index contributed by atoms with van der Waals surface area (Å²) in [5, 5.41) is 5.33. The maximum Gasteiger partial charge on any atom is 0.408 e. The zero-order chi connectivity index (χ0) is 30.3. The number of alkyl carbamates (subject to hydrolysis) is 1. The van der Waals surface area contributed by atoms with Gasteiger partial charge in [-0.05, 0) is 53.0 Å². The van der Waals surface area contributed by atoms with Gasteiger partial charge in [-0.2, -0.15) is 0 Å². The third-order valence-electron chi connectivity index (χ3n) is 5.81. The van der Waals surface area contributed by atoms with Crippen LogP contribution in [0.2, 0.25) is 0 Å². The SMILES string of the molecule is CCCCCN(C(=O)C(CCC(N)=O)NC(=O)OC(C)(C)C)C(C(=O)NCCC(=O)OCC)c1cccc(C)c1. The summed E-state index contributed by atoms with van der Waals surface area (Å²) in [5.74, 6) is -2.10. The number of unbranched alkanes of at least 4 members (excludes halogenated alkanes) is 2. The lowest BCUT2D eigenvalue weighted by atomic mass is 9.99. The zero-order valence-corrected chi connectivity index (χ0v) is 24.7. The van der Waals surface area contributed by atoms with Gasteiger partial charge in [-0.25, -0.2) is 4.79 Å². The number of benzene rings is 1. The molecule has 1 rings (SSSR count). The lowest BCUT2D eigenvalue weighted by Crippen LogP contribution is -2.53. The summed E-state index contributed by atoms with van der Waals surface area (Å²) in [6.07, 6.45) is 1.22. The largest absolute Gasteiger partial charge is 0.466 e. The molecule has 1 aromatic carbocycles. The first-order valence-corrected chi connectivity index (χ1v) is 13.9. The molecule has 0 aliphatic rings. The number of carbonyl (C=O) groups excluding carboxylic acids is 5. The summed E-state index contributed by atoms with van der Waals surface area (Å²) < 4.78 is 10.3. The van der Waals surface area contributed by atoms with Crippen LogP contribution in [0.5, 0.6) is 0 Å². The van der Waals surface area contributed by atoms with Crippen LogP contribution in [0.15, 0.2) is 24.3 Å². The topological polar surface area (TPSA) is 157 Å². The molecule has 0 saturated carbocycles. The van der Waals surface area contributed by atoms with Gasteiger partial charge in [-0.3, -0.25) is 19.2 Å². The molecule has 0 aliphatic heterocycles. The van der Waals surface area contributed by atoms with Gasteiger partial charge in [0.15, 0.2) is 0 Å². The molecule has 224 valence electrons. The monoisotopic (exact) mass is 562 g/mol. The van der Waals surface area contributed by atoms with Gasteiger partial charge in [-0.15, -0.1) is 0 Å². The van der Waals surface area contributed by atoms with Gasteiger partial charge in [0.25, 0.3) is 0 Å². The molecule has 0 radical (unpaired) electrons. The third-order valence-corrected chi connectivity index (χ3v) is 5.81. The van der Waals surface area contributed by atoms with E-state index in [0.717, 1.165) is 18.4 Å². The van der Waals surface area contributed by atoms with E-state index in [4.69, 9.17) is 15.2 Å². The molecule has 40 heavy (non-hydrogen) atoms. The molecule has 1 aromatic rings. The van der Waals surface area contributed by atoms with E-state index in [-0.39, 0.29) is 39.0 Å². The molecule has 2 unspecified atom stereocenters. The number of nitrogens with two attached hydrogens (primary N) is 1. The van der Waals surface area contributed by atoms with E-state index < -0.39 is 47.5 Å². The van der Waals surface area contributed by atoms with Gasteiger partial charge in [0.2, 0.25) is 17.7 Å². The number of carbonyl (C=O) groups is 5. The molecule has 0 fully saturated rings. The highest BCUT2D eigenvalue weighted by atomic mass is 16.6. The molecule has 0 aliphatic carbocycles. The Hall–Kier alpha value is -3.63. The highest BCUT2D eigenvalue weighted by Gasteiger charge is 2.36. The fraction of sp³-hybridized carbons (Fsp3) is 0.621. The molecule has 11 heteroatoms. The van der Waals surface area contributed by atoms with E-state index in [1.165, 1.54) is 4.90 Å². The lowest BCUT2D eigenvalue weighted by Gasteiger charge is -2.34. The Morgan fingerprint density at radius 1 is 1.05 bits per heavy atom. The van der Waals surface area contributed by atoms with Gasteiger partial charge in [-0.1, -0.05) is 49.6 Å². The molecule has 11 nitrogen and oxygen atoms in total. The molecule has 0 saturated heterocycles. The van der Waals surface area contributed by atoms with Crippen molar-refractivity contribution in [1.82, 2.24) is 15.5 Å². The molecule has 0 heterocycles. The highest BCUT2D eigenvalue weighted by Crippen LogP contribution is 2.25. The second-order valence-electron chi connectivity index (χ2n) is 10.6. The Balaban J connectivity index is 3.44. The molecule has 2 atom stereocenters. The molecule has 0 aromatic heterocycles. The van der Waals surface area contributed by atoms with Crippen LogP contribution in [0, 0.1) is 6.92 Å². The van der Waals surface area contributed by atoms with Crippen molar-refractivity contribution in [1.29, 1.82) is 0 Å². The Bertz CT molecular complexity index is 1010. The predicted octanol–water partition coefficient (Wildman–Crippen LogP) is 3.28. The Kier molecular flexibility index (Phi) is 14.7.